The van der Waals surface area contributed by atoms with Crippen molar-refractivity contribution in [2.75, 3.05) is 6.54 Å². The van der Waals surface area contributed by atoms with Crippen molar-refractivity contribution in [1.29, 1.82) is 0 Å². The van der Waals surface area contributed by atoms with Gasteiger partial charge in [0.15, 0.2) is 0 Å². The predicted octanol–water partition coefficient (Wildman–Crippen LogP) is 3.97. The molecule has 3 aromatic rings. The van der Waals surface area contributed by atoms with E-state index in [0.29, 0.717) is 5.56 Å². The van der Waals surface area contributed by atoms with E-state index < -0.39 is 16.1 Å². The highest BCUT2D eigenvalue weighted by atomic mass is 79.9. The second kappa shape index (κ2) is 9.19. The summed E-state index contributed by atoms with van der Waals surface area (Å²) in [7, 11) is -3.96. The lowest BCUT2D eigenvalue weighted by molar-refractivity contribution is 0.245. The highest BCUT2D eigenvalue weighted by Gasteiger charge is 2.22. The van der Waals surface area contributed by atoms with E-state index in [9.17, 15) is 13.2 Å². The van der Waals surface area contributed by atoms with Crippen LogP contribution in [-0.4, -0.2) is 26.0 Å². The Balaban J connectivity index is 1.77. The van der Waals surface area contributed by atoms with Gasteiger partial charge >= 0.3 is 6.03 Å². The number of halogens is 1. The first kappa shape index (κ1) is 21.0. The van der Waals surface area contributed by atoms with Crippen molar-refractivity contribution in [1.82, 2.24) is 15.0 Å². The van der Waals surface area contributed by atoms with Gasteiger partial charge in [-0.1, -0.05) is 48.5 Å². The second-order valence-corrected chi connectivity index (χ2v) is 8.92. The summed E-state index contributed by atoms with van der Waals surface area (Å²) in [6, 6.07) is 19.0. The van der Waals surface area contributed by atoms with Gasteiger partial charge in [-0.3, -0.25) is 4.98 Å². The minimum Gasteiger partial charge on any atom is -0.336 e. The first-order chi connectivity index (χ1) is 13.9. The number of sulfonamides is 1. The number of benzene rings is 2. The molecule has 2 amide bonds. The molecular formula is C21H20BrN3O3S. The Labute approximate surface area is 178 Å². The van der Waals surface area contributed by atoms with E-state index in [1.54, 1.807) is 31.3 Å². The molecule has 1 aromatic heterocycles. The third-order valence-electron chi connectivity index (χ3n) is 4.40. The van der Waals surface area contributed by atoms with Crippen LogP contribution in [0.15, 0.2) is 82.3 Å². The van der Waals surface area contributed by atoms with Crippen LogP contribution in [-0.2, 0) is 10.0 Å². The fourth-order valence-electron chi connectivity index (χ4n) is 2.98. The van der Waals surface area contributed by atoms with Crippen molar-refractivity contribution >= 4 is 32.0 Å². The molecular weight excluding hydrogens is 454 g/mol. The van der Waals surface area contributed by atoms with E-state index in [1.807, 2.05) is 42.5 Å². The lowest BCUT2D eigenvalue weighted by Gasteiger charge is -2.19. The summed E-state index contributed by atoms with van der Waals surface area (Å²) in [6.45, 7) is 1.85. The molecule has 3 rings (SSSR count). The number of pyridine rings is 1. The van der Waals surface area contributed by atoms with Gasteiger partial charge < -0.3 is 5.32 Å². The normalized spacial score (nSPS) is 12.2. The third kappa shape index (κ3) is 5.21. The number of hydrogen-bond acceptors (Lipinski definition) is 4. The van der Waals surface area contributed by atoms with Crippen molar-refractivity contribution in [3.63, 3.8) is 0 Å². The molecule has 0 aliphatic carbocycles. The highest BCUT2D eigenvalue weighted by molar-refractivity contribution is 9.10. The molecule has 1 unspecified atom stereocenters. The van der Waals surface area contributed by atoms with Crippen molar-refractivity contribution in [3.8, 4) is 0 Å². The van der Waals surface area contributed by atoms with E-state index in [-0.39, 0.29) is 17.4 Å². The lowest BCUT2D eigenvalue weighted by atomic mass is 9.95. The van der Waals surface area contributed by atoms with Gasteiger partial charge in [0.1, 0.15) is 0 Å². The van der Waals surface area contributed by atoms with Crippen LogP contribution in [0.25, 0.3) is 0 Å². The van der Waals surface area contributed by atoms with E-state index in [4.69, 9.17) is 0 Å². The molecule has 2 aromatic carbocycles. The first-order valence-corrected chi connectivity index (χ1v) is 11.2. The summed E-state index contributed by atoms with van der Waals surface area (Å²) >= 11 is 3.50. The Morgan fingerprint density at radius 3 is 2.41 bits per heavy atom. The highest BCUT2D eigenvalue weighted by Crippen LogP contribution is 2.28. The summed E-state index contributed by atoms with van der Waals surface area (Å²) in [5, 5.41) is 2.66. The Kier molecular flexibility index (Phi) is 6.66. The van der Waals surface area contributed by atoms with Crippen LogP contribution >= 0.6 is 15.9 Å². The fraction of sp³-hybridized carbons (Fsp3) is 0.143. The Hall–Kier alpha value is -2.71. The molecule has 29 heavy (non-hydrogen) atoms. The van der Waals surface area contributed by atoms with E-state index >= 15 is 0 Å². The molecule has 150 valence electrons. The van der Waals surface area contributed by atoms with Crippen molar-refractivity contribution < 1.29 is 13.2 Å². The van der Waals surface area contributed by atoms with Gasteiger partial charge in [-0.15, -0.1) is 0 Å². The Bertz CT molecular complexity index is 1100. The number of carbonyl (C=O) groups excluding carboxylic acids is 1. The van der Waals surface area contributed by atoms with Crippen LogP contribution in [0.3, 0.4) is 0 Å². The maximum absolute atomic E-state index is 12.5. The van der Waals surface area contributed by atoms with Crippen LogP contribution in [0.1, 0.15) is 22.7 Å². The fourth-order valence-corrected chi connectivity index (χ4v) is 4.69. The zero-order valence-corrected chi connectivity index (χ0v) is 18.1. The smallest absolute Gasteiger partial charge is 0.328 e. The van der Waals surface area contributed by atoms with Crippen molar-refractivity contribution in [3.05, 3.63) is 94.2 Å². The minimum absolute atomic E-state index is 0.0715. The quantitative estimate of drug-likeness (QED) is 0.566. The molecule has 0 radical (unpaired) electrons. The average Bonchev–Trinajstić information content (AvgIpc) is 2.70. The maximum atomic E-state index is 12.5. The number of urea groups is 1. The number of aryl methyl sites for hydroxylation is 1. The van der Waals surface area contributed by atoms with Crippen molar-refractivity contribution in [2.45, 2.75) is 17.7 Å². The molecule has 0 saturated heterocycles. The van der Waals surface area contributed by atoms with Gasteiger partial charge in [-0.25, -0.2) is 17.9 Å². The van der Waals surface area contributed by atoms with Gasteiger partial charge in [0.05, 0.1) is 10.6 Å². The molecule has 0 aliphatic rings. The number of rotatable bonds is 6. The number of carbonyl (C=O) groups is 1. The largest absolute Gasteiger partial charge is 0.336 e. The number of nitrogens with zero attached hydrogens (tertiary/aromatic N) is 1. The molecule has 1 atom stereocenters. The van der Waals surface area contributed by atoms with Gasteiger partial charge in [-0.2, -0.15) is 0 Å². The van der Waals surface area contributed by atoms with E-state index in [2.05, 4.69) is 31.0 Å². The summed E-state index contributed by atoms with van der Waals surface area (Å²) in [5.41, 5.74) is 2.27. The van der Waals surface area contributed by atoms with Gasteiger partial charge in [0, 0.05) is 23.1 Å². The molecule has 0 aliphatic heterocycles. The summed E-state index contributed by atoms with van der Waals surface area (Å²) in [4.78, 5) is 16.9. The minimum atomic E-state index is -3.96. The van der Waals surface area contributed by atoms with Crippen LogP contribution < -0.4 is 10.0 Å². The standard InChI is InChI=1S/C21H20BrN3O3S/c1-15-8-5-6-12-19(15)29(27,28)25-21(26)24-14-17(16-9-3-2-4-10-16)20-18(22)11-7-13-23-20/h2-13,17H,14H2,1H3,(H2,24,25,26). The SMILES string of the molecule is Cc1ccccc1S(=O)(=O)NC(=O)NCC(c1ccccc1)c1ncccc1Br. The molecule has 8 heteroatoms. The molecule has 0 spiro atoms. The third-order valence-corrected chi connectivity index (χ3v) is 6.56. The average molecular weight is 474 g/mol. The topological polar surface area (TPSA) is 88.2 Å². The lowest BCUT2D eigenvalue weighted by Crippen LogP contribution is -2.41. The van der Waals surface area contributed by atoms with Crippen LogP contribution in [0.2, 0.25) is 0 Å². The van der Waals surface area contributed by atoms with Crippen LogP contribution in [0, 0.1) is 6.92 Å². The summed E-state index contributed by atoms with van der Waals surface area (Å²) in [5.74, 6) is -0.251. The first-order valence-electron chi connectivity index (χ1n) is 8.90. The Morgan fingerprint density at radius 1 is 1.03 bits per heavy atom. The van der Waals surface area contributed by atoms with Gasteiger partial charge in [0.25, 0.3) is 10.0 Å². The van der Waals surface area contributed by atoms with Crippen molar-refractivity contribution in [2.24, 2.45) is 0 Å². The second-order valence-electron chi connectivity index (χ2n) is 6.41. The monoisotopic (exact) mass is 473 g/mol. The van der Waals surface area contributed by atoms with Gasteiger partial charge in [-0.05, 0) is 52.2 Å². The summed E-state index contributed by atoms with van der Waals surface area (Å²) in [6.07, 6.45) is 1.68. The van der Waals surface area contributed by atoms with E-state index in [0.717, 1.165) is 15.7 Å². The predicted molar refractivity (Wildman–Crippen MR) is 115 cm³/mol. The molecule has 0 bridgehead atoms. The summed E-state index contributed by atoms with van der Waals surface area (Å²) < 4.78 is 27.9. The number of nitrogens with one attached hydrogen (secondary N) is 2. The van der Waals surface area contributed by atoms with Gasteiger partial charge in [0.2, 0.25) is 0 Å². The Morgan fingerprint density at radius 2 is 1.72 bits per heavy atom. The molecule has 0 saturated carbocycles. The number of amides is 2. The van der Waals surface area contributed by atoms with E-state index in [1.165, 1.54) is 6.07 Å². The number of hydrogen-bond donors (Lipinski definition) is 2. The molecule has 1 heterocycles. The van der Waals surface area contributed by atoms with Crippen LogP contribution in [0.5, 0.6) is 0 Å². The zero-order valence-electron chi connectivity index (χ0n) is 15.7. The zero-order chi connectivity index (χ0) is 20.9. The number of aromatic nitrogens is 1. The van der Waals surface area contributed by atoms with Crippen LogP contribution in [0.4, 0.5) is 4.79 Å². The molecule has 0 fully saturated rings. The molecule has 2 N–H and O–H groups in total. The molecule has 6 nitrogen and oxygen atoms in total. The maximum Gasteiger partial charge on any atom is 0.328 e.